The summed E-state index contributed by atoms with van der Waals surface area (Å²) < 4.78 is 2.03. The maximum Gasteiger partial charge on any atom is 0.274 e. The minimum Gasteiger partial charge on any atom is -0.377 e. The number of aryl methyl sites for hydroxylation is 1. The molecule has 2 aromatic rings. The summed E-state index contributed by atoms with van der Waals surface area (Å²) >= 11 is 0. The molecule has 100 valence electrons. The standard InChI is InChI=1S/C13H16N4O2/c1-3-16-8-7-14-13(16)9-15-11-5-4-6-12(10(11)2)17(18)19/h4-8,15H,3,9H2,1-2H3. The third-order valence-electron chi connectivity index (χ3n) is 3.08. The van der Waals surface area contributed by atoms with E-state index in [9.17, 15) is 10.1 Å². The lowest BCUT2D eigenvalue weighted by atomic mass is 10.1. The molecule has 0 aliphatic carbocycles. The summed E-state index contributed by atoms with van der Waals surface area (Å²) in [6, 6.07) is 5.02. The van der Waals surface area contributed by atoms with Gasteiger partial charge in [0.2, 0.25) is 0 Å². The van der Waals surface area contributed by atoms with Crippen LogP contribution in [0.25, 0.3) is 0 Å². The Balaban J connectivity index is 2.16. The summed E-state index contributed by atoms with van der Waals surface area (Å²) in [7, 11) is 0. The molecule has 19 heavy (non-hydrogen) atoms. The van der Waals surface area contributed by atoms with Crippen molar-refractivity contribution in [3.05, 3.63) is 52.1 Å². The minimum atomic E-state index is -0.368. The first-order chi connectivity index (χ1) is 9.13. The second-order valence-electron chi connectivity index (χ2n) is 4.19. The Kier molecular flexibility index (Phi) is 3.79. The normalized spacial score (nSPS) is 10.4. The van der Waals surface area contributed by atoms with Crippen LogP contribution in [0.2, 0.25) is 0 Å². The molecule has 0 saturated carbocycles. The van der Waals surface area contributed by atoms with E-state index in [4.69, 9.17) is 0 Å². The van der Waals surface area contributed by atoms with E-state index in [0.29, 0.717) is 12.1 Å². The van der Waals surface area contributed by atoms with Gasteiger partial charge in [-0.15, -0.1) is 0 Å². The van der Waals surface area contributed by atoms with Gasteiger partial charge in [-0.2, -0.15) is 0 Å². The van der Waals surface area contributed by atoms with E-state index < -0.39 is 0 Å². The third-order valence-corrected chi connectivity index (χ3v) is 3.08. The van der Waals surface area contributed by atoms with Crippen molar-refractivity contribution in [3.8, 4) is 0 Å². The predicted molar refractivity (Wildman–Crippen MR) is 73.1 cm³/mol. The first-order valence-corrected chi connectivity index (χ1v) is 6.11. The van der Waals surface area contributed by atoms with Gasteiger partial charge in [-0.1, -0.05) is 6.07 Å². The molecule has 6 nitrogen and oxygen atoms in total. The molecule has 0 radical (unpaired) electrons. The zero-order valence-electron chi connectivity index (χ0n) is 11.0. The van der Waals surface area contributed by atoms with Crippen molar-refractivity contribution in [2.45, 2.75) is 26.9 Å². The van der Waals surface area contributed by atoms with Crippen molar-refractivity contribution >= 4 is 11.4 Å². The van der Waals surface area contributed by atoms with Crippen molar-refractivity contribution in [2.75, 3.05) is 5.32 Å². The van der Waals surface area contributed by atoms with Gasteiger partial charge < -0.3 is 9.88 Å². The molecule has 1 heterocycles. The maximum atomic E-state index is 10.9. The average molecular weight is 260 g/mol. The van der Waals surface area contributed by atoms with Gasteiger partial charge in [0.05, 0.1) is 11.5 Å². The molecule has 1 aromatic carbocycles. The Morgan fingerprint density at radius 1 is 1.47 bits per heavy atom. The molecule has 0 aliphatic rings. The zero-order chi connectivity index (χ0) is 13.8. The predicted octanol–water partition coefficient (Wildman–Crippen LogP) is 2.73. The fourth-order valence-corrected chi connectivity index (χ4v) is 1.98. The highest BCUT2D eigenvalue weighted by Crippen LogP contribution is 2.25. The van der Waals surface area contributed by atoms with Crippen molar-refractivity contribution < 1.29 is 4.92 Å². The van der Waals surface area contributed by atoms with Gasteiger partial charge in [-0.25, -0.2) is 4.98 Å². The molecular formula is C13H16N4O2. The van der Waals surface area contributed by atoms with E-state index in [0.717, 1.165) is 18.1 Å². The Bertz CT molecular complexity index is 592. The molecule has 0 saturated heterocycles. The molecule has 0 amide bonds. The number of nitro benzene ring substituents is 1. The molecule has 1 N–H and O–H groups in total. The summed E-state index contributed by atoms with van der Waals surface area (Å²) in [6.45, 7) is 5.18. The van der Waals surface area contributed by atoms with Crippen LogP contribution >= 0.6 is 0 Å². The second-order valence-corrected chi connectivity index (χ2v) is 4.19. The summed E-state index contributed by atoms with van der Waals surface area (Å²) in [5.41, 5.74) is 1.53. The number of nitro groups is 1. The minimum absolute atomic E-state index is 0.129. The van der Waals surface area contributed by atoms with Crippen molar-refractivity contribution in [1.82, 2.24) is 9.55 Å². The van der Waals surface area contributed by atoms with E-state index in [2.05, 4.69) is 10.3 Å². The topological polar surface area (TPSA) is 73.0 Å². The molecule has 0 bridgehead atoms. The largest absolute Gasteiger partial charge is 0.377 e. The summed E-state index contributed by atoms with van der Waals surface area (Å²) in [5.74, 6) is 0.911. The number of aromatic nitrogens is 2. The van der Waals surface area contributed by atoms with Gasteiger partial charge in [-0.3, -0.25) is 10.1 Å². The van der Waals surface area contributed by atoms with Gasteiger partial charge in [0.15, 0.2) is 0 Å². The quantitative estimate of drug-likeness (QED) is 0.662. The van der Waals surface area contributed by atoms with Crippen LogP contribution in [0.15, 0.2) is 30.6 Å². The molecule has 0 unspecified atom stereocenters. The van der Waals surface area contributed by atoms with Crippen LogP contribution in [0.5, 0.6) is 0 Å². The lowest BCUT2D eigenvalue weighted by Gasteiger charge is -2.10. The number of imidazole rings is 1. The molecule has 0 fully saturated rings. The van der Waals surface area contributed by atoms with Crippen LogP contribution in [-0.4, -0.2) is 14.5 Å². The molecular weight excluding hydrogens is 244 g/mol. The number of anilines is 1. The van der Waals surface area contributed by atoms with E-state index in [1.54, 1.807) is 19.2 Å². The van der Waals surface area contributed by atoms with Crippen LogP contribution in [-0.2, 0) is 13.1 Å². The smallest absolute Gasteiger partial charge is 0.274 e. The second kappa shape index (κ2) is 5.51. The highest BCUT2D eigenvalue weighted by Gasteiger charge is 2.13. The van der Waals surface area contributed by atoms with E-state index in [1.807, 2.05) is 23.8 Å². The lowest BCUT2D eigenvalue weighted by molar-refractivity contribution is -0.385. The van der Waals surface area contributed by atoms with Crippen LogP contribution in [0.3, 0.4) is 0 Å². The monoisotopic (exact) mass is 260 g/mol. The fourth-order valence-electron chi connectivity index (χ4n) is 1.98. The number of benzene rings is 1. The van der Waals surface area contributed by atoms with Gasteiger partial charge in [-0.05, 0) is 19.9 Å². The maximum absolute atomic E-state index is 10.9. The molecule has 0 spiro atoms. The van der Waals surface area contributed by atoms with E-state index >= 15 is 0 Å². The number of nitrogens with zero attached hydrogens (tertiary/aromatic N) is 3. The summed E-state index contributed by atoms with van der Waals surface area (Å²) in [6.07, 6.45) is 3.66. The van der Waals surface area contributed by atoms with Gasteiger partial charge in [0.1, 0.15) is 5.82 Å². The molecule has 0 atom stereocenters. The van der Waals surface area contributed by atoms with Crippen molar-refractivity contribution in [3.63, 3.8) is 0 Å². The first kappa shape index (κ1) is 13.1. The number of rotatable bonds is 5. The van der Waals surface area contributed by atoms with Crippen molar-refractivity contribution in [1.29, 1.82) is 0 Å². The Morgan fingerprint density at radius 2 is 2.26 bits per heavy atom. The Morgan fingerprint density at radius 3 is 2.95 bits per heavy atom. The average Bonchev–Trinajstić information content (AvgIpc) is 2.84. The highest BCUT2D eigenvalue weighted by atomic mass is 16.6. The Labute approximate surface area is 111 Å². The van der Waals surface area contributed by atoms with Crippen molar-refractivity contribution in [2.24, 2.45) is 0 Å². The highest BCUT2D eigenvalue weighted by molar-refractivity contribution is 5.59. The number of hydrogen-bond donors (Lipinski definition) is 1. The summed E-state index contributed by atoms with van der Waals surface area (Å²) in [5, 5.41) is 14.1. The molecule has 2 rings (SSSR count). The van der Waals surface area contributed by atoms with Crippen LogP contribution in [0.4, 0.5) is 11.4 Å². The fraction of sp³-hybridized carbons (Fsp3) is 0.308. The lowest BCUT2D eigenvalue weighted by Crippen LogP contribution is -2.08. The summed E-state index contributed by atoms with van der Waals surface area (Å²) in [4.78, 5) is 14.8. The van der Waals surface area contributed by atoms with E-state index in [-0.39, 0.29) is 10.6 Å². The van der Waals surface area contributed by atoms with Crippen LogP contribution < -0.4 is 5.32 Å². The number of hydrogen-bond acceptors (Lipinski definition) is 4. The molecule has 6 heteroatoms. The van der Waals surface area contributed by atoms with Crippen LogP contribution in [0.1, 0.15) is 18.3 Å². The van der Waals surface area contributed by atoms with E-state index in [1.165, 1.54) is 6.07 Å². The van der Waals surface area contributed by atoms with Gasteiger partial charge in [0.25, 0.3) is 5.69 Å². The SMILES string of the molecule is CCn1ccnc1CNc1cccc([N+](=O)[O-])c1C. The molecule has 1 aromatic heterocycles. The Hall–Kier alpha value is -2.37. The third kappa shape index (κ3) is 2.73. The number of nitrogens with one attached hydrogen (secondary N) is 1. The van der Waals surface area contributed by atoms with Gasteiger partial charge >= 0.3 is 0 Å². The zero-order valence-corrected chi connectivity index (χ0v) is 11.0. The molecule has 0 aliphatic heterocycles. The van der Waals surface area contributed by atoms with Gasteiger partial charge in [0, 0.05) is 36.3 Å². The van der Waals surface area contributed by atoms with Crippen LogP contribution in [0, 0.1) is 17.0 Å². The first-order valence-electron chi connectivity index (χ1n) is 6.11.